The average molecular weight is 344 g/mol. The molecule has 1 heterocycles. The van der Waals surface area contributed by atoms with Gasteiger partial charge in [0.15, 0.2) is 0 Å². The highest BCUT2D eigenvalue weighted by molar-refractivity contribution is 6.30. The van der Waals surface area contributed by atoms with E-state index in [2.05, 4.69) is 15.6 Å². The number of nitrogens with one attached hydrogen (secondary N) is 2. The van der Waals surface area contributed by atoms with Gasteiger partial charge in [-0.15, -0.1) is 0 Å². The van der Waals surface area contributed by atoms with Gasteiger partial charge in [-0.2, -0.15) is 0 Å². The van der Waals surface area contributed by atoms with E-state index in [-0.39, 0.29) is 18.4 Å². The van der Waals surface area contributed by atoms with E-state index in [0.717, 1.165) is 11.1 Å². The normalized spacial score (nSPS) is 13.4. The van der Waals surface area contributed by atoms with E-state index in [1.807, 2.05) is 12.1 Å². The summed E-state index contributed by atoms with van der Waals surface area (Å²) in [5, 5.41) is 6.08. The first-order chi connectivity index (χ1) is 11.6. The van der Waals surface area contributed by atoms with Gasteiger partial charge < -0.3 is 10.6 Å². The summed E-state index contributed by atoms with van der Waals surface area (Å²) in [5.41, 5.74) is 2.15. The number of carbonyl (C=O) groups is 2. The lowest BCUT2D eigenvalue weighted by molar-refractivity contribution is -0.120. The predicted molar refractivity (Wildman–Crippen MR) is 92.7 cm³/mol. The zero-order valence-corrected chi connectivity index (χ0v) is 13.8. The molecular formula is C18H18ClN3O2. The minimum atomic E-state index is -0.320. The van der Waals surface area contributed by atoms with Crippen LogP contribution in [0.5, 0.6) is 0 Å². The van der Waals surface area contributed by atoms with Gasteiger partial charge in [0.1, 0.15) is 0 Å². The molecular weight excluding hydrogens is 326 g/mol. The highest BCUT2D eigenvalue weighted by Gasteiger charge is 2.21. The molecule has 0 atom stereocenters. The molecule has 1 aliphatic rings. The lowest BCUT2D eigenvalue weighted by Gasteiger charge is -2.07. The van der Waals surface area contributed by atoms with Crippen LogP contribution in [0.15, 0.2) is 42.7 Å². The number of nitrogens with zero attached hydrogens (tertiary/aromatic N) is 1. The monoisotopic (exact) mass is 343 g/mol. The summed E-state index contributed by atoms with van der Waals surface area (Å²) in [6.45, 7) is 0.666. The number of amides is 2. The number of hydrogen-bond acceptors (Lipinski definition) is 3. The van der Waals surface area contributed by atoms with E-state index >= 15 is 0 Å². The van der Waals surface area contributed by atoms with Crippen LogP contribution in [0.3, 0.4) is 0 Å². The third-order valence-corrected chi connectivity index (χ3v) is 4.12. The van der Waals surface area contributed by atoms with Crippen molar-refractivity contribution in [3.8, 4) is 11.1 Å². The highest BCUT2D eigenvalue weighted by Crippen LogP contribution is 2.27. The molecule has 1 fully saturated rings. The molecule has 2 N–H and O–H groups in total. The molecule has 0 radical (unpaired) electrons. The lowest BCUT2D eigenvalue weighted by Crippen LogP contribution is -2.37. The van der Waals surface area contributed by atoms with Crippen LogP contribution in [0.2, 0.25) is 5.02 Å². The number of rotatable bonds is 6. The summed E-state index contributed by atoms with van der Waals surface area (Å²) in [4.78, 5) is 28.0. The maximum Gasteiger partial charge on any atom is 0.253 e. The fourth-order valence-electron chi connectivity index (χ4n) is 2.27. The summed E-state index contributed by atoms with van der Waals surface area (Å²) < 4.78 is 0. The molecule has 6 heteroatoms. The third kappa shape index (κ3) is 4.55. The van der Waals surface area contributed by atoms with Gasteiger partial charge in [0.25, 0.3) is 5.91 Å². The van der Waals surface area contributed by atoms with Crippen molar-refractivity contribution in [1.82, 2.24) is 15.6 Å². The first-order valence-electron chi connectivity index (χ1n) is 7.88. The molecule has 1 aliphatic carbocycles. The zero-order chi connectivity index (χ0) is 16.9. The maximum atomic E-state index is 12.2. The van der Waals surface area contributed by atoms with Crippen LogP contribution in [0.25, 0.3) is 11.1 Å². The summed E-state index contributed by atoms with van der Waals surface area (Å²) in [5.74, 6) is 0.127. The smallest absolute Gasteiger partial charge is 0.253 e. The third-order valence-electron chi connectivity index (χ3n) is 3.87. The van der Waals surface area contributed by atoms with Crippen LogP contribution < -0.4 is 10.6 Å². The van der Waals surface area contributed by atoms with Crippen LogP contribution in [-0.4, -0.2) is 29.9 Å². The second-order valence-electron chi connectivity index (χ2n) is 5.90. The van der Waals surface area contributed by atoms with Gasteiger partial charge in [-0.1, -0.05) is 23.7 Å². The van der Waals surface area contributed by atoms with E-state index < -0.39 is 0 Å². The van der Waals surface area contributed by atoms with Crippen molar-refractivity contribution in [3.63, 3.8) is 0 Å². The van der Waals surface area contributed by atoms with E-state index in [9.17, 15) is 9.59 Å². The van der Waals surface area contributed by atoms with Crippen molar-refractivity contribution in [3.05, 3.63) is 53.3 Å². The molecule has 0 aliphatic heterocycles. The number of hydrogen-bond donors (Lipinski definition) is 2. The number of benzene rings is 1. The van der Waals surface area contributed by atoms with E-state index in [4.69, 9.17) is 11.6 Å². The molecule has 3 rings (SSSR count). The van der Waals surface area contributed by atoms with Crippen molar-refractivity contribution in [2.45, 2.75) is 12.8 Å². The second kappa shape index (κ2) is 7.45. The first-order valence-corrected chi connectivity index (χ1v) is 8.25. The molecule has 0 spiro atoms. The summed E-state index contributed by atoms with van der Waals surface area (Å²) in [6.07, 6.45) is 5.52. The average Bonchev–Trinajstić information content (AvgIpc) is 3.43. The van der Waals surface area contributed by atoms with E-state index in [0.29, 0.717) is 23.0 Å². The Hall–Kier alpha value is -2.40. The number of carbonyl (C=O) groups excluding carboxylic acids is 2. The number of pyridine rings is 1. The molecule has 24 heavy (non-hydrogen) atoms. The van der Waals surface area contributed by atoms with Crippen molar-refractivity contribution in [2.24, 2.45) is 5.92 Å². The van der Waals surface area contributed by atoms with Crippen LogP contribution in [0.1, 0.15) is 23.2 Å². The maximum absolute atomic E-state index is 12.2. The van der Waals surface area contributed by atoms with Gasteiger partial charge in [0, 0.05) is 29.5 Å². The topological polar surface area (TPSA) is 71.1 Å². The first kappa shape index (κ1) is 16.5. The van der Waals surface area contributed by atoms with Crippen LogP contribution in [0.4, 0.5) is 0 Å². The molecule has 2 aromatic rings. The Kier molecular flexibility index (Phi) is 5.11. The molecule has 124 valence electrons. The largest absolute Gasteiger partial charge is 0.354 e. The number of aromatic nitrogens is 1. The van der Waals surface area contributed by atoms with Crippen molar-refractivity contribution in [2.75, 3.05) is 13.1 Å². The molecule has 1 aromatic heterocycles. The SMILES string of the molecule is O=C(CNC(=O)c1cncc(-c2ccc(Cl)cc2)c1)NCC1CC1. The van der Waals surface area contributed by atoms with Gasteiger partial charge in [-0.3, -0.25) is 14.6 Å². The highest BCUT2D eigenvalue weighted by atomic mass is 35.5. The quantitative estimate of drug-likeness (QED) is 0.847. The van der Waals surface area contributed by atoms with Gasteiger partial charge in [-0.05, 0) is 42.5 Å². The predicted octanol–water partition coefficient (Wildman–Crippen LogP) is 2.66. The molecule has 2 amide bonds. The van der Waals surface area contributed by atoms with E-state index in [1.54, 1.807) is 24.4 Å². The lowest BCUT2D eigenvalue weighted by atomic mass is 10.1. The van der Waals surface area contributed by atoms with Gasteiger partial charge >= 0.3 is 0 Å². The molecule has 1 aromatic carbocycles. The van der Waals surface area contributed by atoms with E-state index in [1.165, 1.54) is 19.0 Å². The van der Waals surface area contributed by atoms with Gasteiger partial charge in [0.2, 0.25) is 5.91 Å². The number of halogens is 1. The molecule has 0 unspecified atom stereocenters. The van der Waals surface area contributed by atoms with Gasteiger partial charge in [-0.25, -0.2) is 0 Å². The van der Waals surface area contributed by atoms with Crippen LogP contribution in [-0.2, 0) is 4.79 Å². The van der Waals surface area contributed by atoms with Crippen molar-refractivity contribution < 1.29 is 9.59 Å². The Morgan fingerprint density at radius 3 is 2.54 bits per heavy atom. The Bertz CT molecular complexity index is 742. The van der Waals surface area contributed by atoms with Crippen LogP contribution >= 0.6 is 11.6 Å². The Morgan fingerprint density at radius 2 is 1.83 bits per heavy atom. The fourth-order valence-corrected chi connectivity index (χ4v) is 2.40. The molecule has 0 saturated heterocycles. The zero-order valence-electron chi connectivity index (χ0n) is 13.1. The molecule has 0 bridgehead atoms. The Labute approximate surface area is 145 Å². The van der Waals surface area contributed by atoms with Crippen molar-refractivity contribution >= 4 is 23.4 Å². The summed E-state index contributed by atoms with van der Waals surface area (Å²) in [6, 6.07) is 9.05. The standard InChI is InChI=1S/C18H18ClN3O2/c19-16-5-3-13(4-6-16)14-7-15(10-20-9-14)18(24)22-11-17(23)21-8-12-1-2-12/h3-7,9-10,12H,1-2,8,11H2,(H,21,23)(H,22,24). The fraction of sp³-hybridized carbons (Fsp3) is 0.278. The summed E-state index contributed by atoms with van der Waals surface area (Å²) in [7, 11) is 0. The minimum Gasteiger partial charge on any atom is -0.354 e. The molecule has 1 saturated carbocycles. The molecule has 5 nitrogen and oxygen atoms in total. The van der Waals surface area contributed by atoms with Gasteiger partial charge in [0.05, 0.1) is 12.1 Å². The minimum absolute atomic E-state index is 0.0310. The Morgan fingerprint density at radius 1 is 1.08 bits per heavy atom. The Balaban J connectivity index is 1.59. The summed E-state index contributed by atoms with van der Waals surface area (Å²) >= 11 is 5.88. The van der Waals surface area contributed by atoms with Crippen LogP contribution in [0, 0.1) is 5.92 Å². The van der Waals surface area contributed by atoms with Crippen molar-refractivity contribution in [1.29, 1.82) is 0 Å². The second-order valence-corrected chi connectivity index (χ2v) is 6.34.